The molecule has 180 valence electrons. The van der Waals surface area contributed by atoms with Gasteiger partial charge in [-0.25, -0.2) is 9.80 Å². The van der Waals surface area contributed by atoms with Gasteiger partial charge in [-0.2, -0.15) is 0 Å². The highest BCUT2D eigenvalue weighted by Gasteiger charge is 2.26. The van der Waals surface area contributed by atoms with Crippen molar-refractivity contribution < 1.29 is 4.79 Å². The second kappa shape index (κ2) is 13.5. The van der Waals surface area contributed by atoms with Crippen molar-refractivity contribution in [2.24, 2.45) is 0 Å². The first-order chi connectivity index (χ1) is 16.5. The number of pyridine rings is 1. The Morgan fingerprint density at radius 1 is 0.765 bits per heavy atom. The fraction of sp³-hybridized carbons (Fsp3) is 0.379. The molecule has 2 amide bonds. The van der Waals surface area contributed by atoms with Gasteiger partial charge in [-0.1, -0.05) is 66.7 Å². The van der Waals surface area contributed by atoms with E-state index in [1.54, 1.807) is 0 Å². The Kier molecular flexibility index (Phi) is 10.1. The summed E-state index contributed by atoms with van der Waals surface area (Å²) in [6.07, 6.45) is 9.79. The van der Waals surface area contributed by atoms with E-state index in [0.29, 0.717) is 6.54 Å². The summed E-state index contributed by atoms with van der Waals surface area (Å²) in [5, 5.41) is 3.71. The molecule has 1 unspecified atom stereocenters. The fourth-order valence-electron chi connectivity index (χ4n) is 4.28. The van der Waals surface area contributed by atoms with E-state index in [1.807, 2.05) is 72.7 Å². The third-order valence-corrected chi connectivity index (χ3v) is 6.30. The molecule has 3 aromatic rings. The van der Waals surface area contributed by atoms with Gasteiger partial charge >= 0.3 is 6.03 Å². The van der Waals surface area contributed by atoms with Crippen LogP contribution < -0.4 is 0 Å². The van der Waals surface area contributed by atoms with Crippen LogP contribution in [0.3, 0.4) is 0 Å². The molecule has 34 heavy (non-hydrogen) atoms. The van der Waals surface area contributed by atoms with Gasteiger partial charge in [0.1, 0.15) is 0 Å². The van der Waals surface area contributed by atoms with Crippen molar-refractivity contribution in [2.45, 2.75) is 51.1 Å². The molecule has 0 saturated heterocycles. The number of nitrogens with zero attached hydrogens (tertiary/aromatic N) is 4. The molecule has 0 saturated carbocycles. The lowest BCUT2D eigenvalue weighted by Crippen LogP contribution is -2.50. The van der Waals surface area contributed by atoms with Crippen molar-refractivity contribution in [3.63, 3.8) is 0 Å². The van der Waals surface area contributed by atoms with Gasteiger partial charge in [-0.3, -0.25) is 9.99 Å². The number of benzene rings is 2. The number of carbonyl (C=O) groups is 1. The third-order valence-electron chi connectivity index (χ3n) is 6.30. The molecule has 1 aromatic heterocycles. The smallest absolute Gasteiger partial charge is 0.324 e. The highest BCUT2D eigenvalue weighted by Crippen LogP contribution is 2.19. The predicted octanol–water partition coefficient (Wildman–Crippen LogP) is 5.83. The Bertz CT molecular complexity index is 918. The van der Waals surface area contributed by atoms with Crippen molar-refractivity contribution in [2.75, 3.05) is 21.1 Å². The zero-order valence-electron chi connectivity index (χ0n) is 20.8. The maximum absolute atomic E-state index is 13.6. The van der Waals surface area contributed by atoms with Gasteiger partial charge in [0.25, 0.3) is 0 Å². The van der Waals surface area contributed by atoms with Crippen molar-refractivity contribution in [1.29, 1.82) is 0 Å². The van der Waals surface area contributed by atoms with E-state index in [0.717, 1.165) is 44.1 Å². The SMILES string of the molecule is CN(C(=O)N(Cc1ccccc1)N(C)C)C(CCCc1ccccc1)CCCc1cccnc1. The molecular formula is C29H38N4O. The Labute approximate surface area is 205 Å². The van der Waals surface area contributed by atoms with Gasteiger partial charge < -0.3 is 4.90 Å². The number of aromatic nitrogens is 1. The Morgan fingerprint density at radius 2 is 1.32 bits per heavy atom. The lowest BCUT2D eigenvalue weighted by atomic mass is 9.98. The molecule has 0 aliphatic rings. The van der Waals surface area contributed by atoms with Gasteiger partial charge in [0.2, 0.25) is 0 Å². The molecule has 5 nitrogen and oxygen atoms in total. The average Bonchev–Trinajstić information content (AvgIpc) is 2.87. The van der Waals surface area contributed by atoms with Gasteiger partial charge in [-0.05, 0) is 61.3 Å². The molecule has 0 aliphatic heterocycles. The number of aryl methyl sites for hydroxylation is 2. The van der Waals surface area contributed by atoms with E-state index >= 15 is 0 Å². The molecule has 0 N–H and O–H groups in total. The molecule has 0 radical (unpaired) electrons. The van der Waals surface area contributed by atoms with E-state index in [9.17, 15) is 4.79 Å². The fourth-order valence-corrected chi connectivity index (χ4v) is 4.28. The third kappa shape index (κ3) is 7.99. The normalized spacial score (nSPS) is 11.9. The van der Waals surface area contributed by atoms with Crippen LogP contribution in [0.15, 0.2) is 85.2 Å². The number of hydrogen-bond donors (Lipinski definition) is 0. The van der Waals surface area contributed by atoms with E-state index in [-0.39, 0.29) is 12.1 Å². The molecule has 1 atom stereocenters. The lowest BCUT2D eigenvalue weighted by Gasteiger charge is -2.36. The van der Waals surface area contributed by atoms with Crippen LogP contribution in [-0.2, 0) is 19.4 Å². The first kappa shape index (κ1) is 25.4. The second-order valence-electron chi connectivity index (χ2n) is 9.07. The topological polar surface area (TPSA) is 39.7 Å². The second-order valence-corrected chi connectivity index (χ2v) is 9.07. The number of hydrogen-bond acceptors (Lipinski definition) is 3. The molecule has 1 heterocycles. The molecule has 0 fully saturated rings. The van der Waals surface area contributed by atoms with Crippen LogP contribution in [-0.4, -0.2) is 53.1 Å². The van der Waals surface area contributed by atoms with Crippen molar-refractivity contribution >= 4 is 6.03 Å². The van der Waals surface area contributed by atoms with Gasteiger partial charge in [-0.15, -0.1) is 0 Å². The highest BCUT2D eigenvalue weighted by molar-refractivity contribution is 5.74. The maximum atomic E-state index is 13.6. The quantitative estimate of drug-likeness (QED) is 0.321. The molecule has 3 rings (SSSR count). The average molecular weight is 459 g/mol. The number of hydrazine groups is 1. The first-order valence-corrected chi connectivity index (χ1v) is 12.2. The monoisotopic (exact) mass is 458 g/mol. The summed E-state index contributed by atoms with van der Waals surface area (Å²) < 4.78 is 0. The van der Waals surface area contributed by atoms with E-state index in [1.165, 1.54) is 11.1 Å². The van der Waals surface area contributed by atoms with Crippen LogP contribution in [0.25, 0.3) is 0 Å². The van der Waals surface area contributed by atoms with Crippen LogP contribution in [0, 0.1) is 0 Å². The predicted molar refractivity (Wildman–Crippen MR) is 139 cm³/mol. The van der Waals surface area contributed by atoms with Crippen LogP contribution in [0.2, 0.25) is 0 Å². The van der Waals surface area contributed by atoms with Crippen LogP contribution >= 0.6 is 0 Å². The van der Waals surface area contributed by atoms with Gasteiger partial charge in [0.15, 0.2) is 0 Å². The minimum Gasteiger partial charge on any atom is -0.324 e. The first-order valence-electron chi connectivity index (χ1n) is 12.2. The summed E-state index contributed by atoms with van der Waals surface area (Å²) in [7, 11) is 5.82. The van der Waals surface area contributed by atoms with Gasteiger partial charge in [0.05, 0.1) is 6.54 Å². The summed E-state index contributed by atoms with van der Waals surface area (Å²) in [5.41, 5.74) is 3.72. The van der Waals surface area contributed by atoms with Crippen molar-refractivity contribution in [1.82, 2.24) is 19.9 Å². The summed E-state index contributed by atoms with van der Waals surface area (Å²) in [6.45, 7) is 0.559. The summed E-state index contributed by atoms with van der Waals surface area (Å²) in [5.74, 6) is 0. The number of amides is 2. The van der Waals surface area contributed by atoms with Crippen LogP contribution in [0.4, 0.5) is 4.79 Å². The Hall–Kier alpha value is -3.18. The maximum Gasteiger partial charge on any atom is 0.334 e. The molecule has 5 heteroatoms. The summed E-state index contributed by atoms with van der Waals surface area (Å²) in [6, 6.07) is 25.1. The van der Waals surface area contributed by atoms with Crippen molar-refractivity contribution in [3.8, 4) is 0 Å². The molecule has 0 spiro atoms. The summed E-state index contributed by atoms with van der Waals surface area (Å²) in [4.78, 5) is 19.8. The molecular weight excluding hydrogens is 420 g/mol. The Morgan fingerprint density at radius 3 is 1.88 bits per heavy atom. The number of rotatable bonds is 12. The van der Waals surface area contributed by atoms with Gasteiger partial charge in [0, 0.05) is 39.6 Å². The van der Waals surface area contributed by atoms with Crippen LogP contribution in [0.1, 0.15) is 42.4 Å². The van der Waals surface area contributed by atoms with E-state index in [4.69, 9.17) is 0 Å². The van der Waals surface area contributed by atoms with Crippen molar-refractivity contribution in [3.05, 3.63) is 102 Å². The zero-order chi connectivity index (χ0) is 24.2. The minimum absolute atomic E-state index is 0.0416. The molecule has 0 aliphatic carbocycles. The highest BCUT2D eigenvalue weighted by atomic mass is 16.2. The number of urea groups is 1. The largest absolute Gasteiger partial charge is 0.334 e. The van der Waals surface area contributed by atoms with E-state index in [2.05, 4.69) is 53.5 Å². The van der Waals surface area contributed by atoms with E-state index < -0.39 is 0 Å². The van der Waals surface area contributed by atoms with Crippen LogP contribution in [0.5, 0.6) is 0 Å². The molecule has 0 bridgehead atoms. The standard InChI is InChI=1S/C29H38N4O/c1-31(2)33(24-27-15-8-5-9-16-27)29(34)32(3)28(20-10-17-25-13-6-4-7-14-25)21-11-18-26-19-12-22-30-23-26/h4-9,12-16,19,22-23,28H,10-11,17-18,20-21,24H2,1-3H3. The lowest BCUT2D eigenvalue weighted by molar-refractivity contribution is 0.0293. The number of carbonyl (C=O) groups excluding carboxylic acids is 1. The molecule has 2 aromatic carbocycles. The Balaban J connectivity index is 1.65. The summed E-state index contributed by atoms with van der Waals surface area (Å²) >= 11 is 0. The minimum atomic E-state index is 0.0416. The zero-order valence-corrected chi connectivity index (χ0v) is 20.8.